The number of nitrogens with zero attached hydrogens (tertiary/aromatic N) is 3. The zero-order valence-electron chi connectivity index (χ0n) is 14.2. The van der Waals surface area contributed by atoms with Crippen LogP contribution in [0, 0.1) is 5.82 Å². The molecule has 7 heteroatoms. The van der Waals surface area contributed by atoms with Crippen LogP contribution in [0.25, 0.3) is 5.69 Å². The standard InChI is InChI=1S/C18H20FN3O3/c1-18(24)8-22(9-18)16-6-13(19)12(17(23)25-2)5-15(16)21-7-14(20-10-21)11-3-4-11/h5-7,10-11,24H,3-4,8-9H2,1-2H3. The van der Waals surface area contributed by atoms with Crippen LogP contribution >= 0.6 is 0 Å². The van der Waals surface area contributed by atoms with Gasteiger partial charge in [-0.1, -0.05) is 0 Å². The Kier molecular flexibility index (Phi) is 3.57. The fourth-order valence-corrected chi connectivity index (χ4v) is 3.28. The van der Waals surface area contributed by atoms with Gasteiger partial charge < -0.3 is 19.3 Å². The number of anilines is 1. The van der Waals surface area contributed by atoms with Crippen molar-refractivity contribution >= 4 is 11.7 Å². The van der Waals surface area contributed by atoms with E-state index in [-0.39, 0.29) is 5.56 Å². The molecule has 1 N–H and O–H groups in total. The largest absolute Gasteiger partial charge is 0.465 e. The Morgan fingerprint density at radius 1 is 1.36 bits per heavy atom. The maximum atomic E-state index is 14.4. The first-order valence-corrected chi connectivity index (χ1v) is 8.31. The maximum Gasteiger partial charge on any atom is 0.340 e. The molecule has 0 unspecified atom stereocenters. The van der Waals surface area contributed by atoms with E-state index >= 15 is 0 Å². The Hall–Kier alpha value is -2.41. The number of carbonyl (C=O) groups is 1. The number of halogens is 1. The number of ether oxygens (including phenoxy) is 1. The van der Waals surface area contributed by atoms with E-state index in [2.05, 4.69) is 9.72 Å². The molecule has 25 heavy (non-hydrogen) atoms. The second kappa shape index (κ2) is 5.56. The molecule has 2 aromatic rings. The van der Waals surface area contributed by atoms with Gasteiger partial charge >= 0.3 is 5.97 Å². The van der Waals surface area contributed by atoms with Gasteiger partial charge in [0.2, 0.25) is 0 Å². The lowest BCUT2D eigenvalue weighted by Gasteiger charge is -2.46. The van der Waals surface area contributed by atoms with E-state index in [1.807, 2.05) is 15.7 Å². The summed E-state index contributed by atoms with van der Waals surface area (Å²) in [5.41, 5.74) is 1.37. The molecule has 1 aromatic carbocycles. The van der Waals surface area contributed by atoms with Gasteiger partial charge in [0.25, 0.3) is 0 Å². The minimum absolute atomic E-state index is 0.116. The van der Waals surface area contributed by atoms with E-state index in [4.69, 9.17) is 0 Å². The third-order valence-corrected chi connectivity index (χ3v) is 4.75. The van der Waals surface area contributed by atoms with E-state index in [0.29, 0.717) is 30.4 Å². The first-order chi connectivity index (χ1) is 11.9. The number of methoxy groups -OCH3 is 1. The molecule has 4 rings (SSSR count). The third-order valence-electron chi connectivity index (χ3n) is 4.75. The summed E-state index contributed by atoms with van der Waals surface area (Å²) in [5.74, 6) is -0.863. The number of carbonyl (C=O) groups excluding carboxylic acids is 1. The smallest absolute Gasteiger partial charge is 0.340 e. The summed E-state index contributed by atoms with van der Waals surface area (Å²) in [4.78, 5) is 18.2. The molecule has 1 saturated heterocycles. The molecule has 2 aliphatic rings. The molecule has 1 aliphatic carbocycles. The van der Waals surface area contributed by atoms with E-state index in [9.17, 15) is 14.3 Å². The summed E-state index contributed by atoms with van der Waals surface area (Å²) in [7, 11) is 1.23. The minimum atomic E-state index is -0.789. The zero-order valence-corrected chi connectivity index (χ0v) is 14.2. The van der Waals surface area contributed by atoms with Gasteiger partial charge in [-0.3, -0.25) is 0 Å². The normalized spacial score (nSPS) is 18.8. The summed E-state index contributed by atoms with van der Waals surface area (Å²) in [6, 6.07) is 2.81. The van der Waals surface area contributed by atoms with Gasteiger partial charge in [-0.05, 0) is 25.8 Å². The number of hydrogen-bond donors (Lipinski definition) is 1. The predicted octanol–water partition coefficient (Wildman–Crippen LogP) is 2.25. The van der Waals surface area contributed by atoms with Gasteiger partial charge in [0.1, 0.15) is 5.82 Å². The highest BCUT2D eigenvalue weighted by atomic mass is 19.1. The van der Waals surface area contributed by atoms with Crippen LogP contribution in [-0.2, 0) is 4.74 Å². The van der Waals surface area contributed by atoms with E-state index < -0.39 is 17.4 Å². The summed E-state index contributed by atoms with van der Waals surface area (Å²) < 4.78 is 20.9. The second-order valence-electron chi connectivity index (χ2n) is 7.15. The fraction of sp³-hybridized carbons (Fsp3) is 0.444. The topological polar surface area (TPSA) is 67.6 Å². The molecule has 1 saturated carbocycles. The van der Waals surface area contributed by atoms with Crippen molar-refractivity contribution in [2.45, 2.75) is 31.3 Å². The maximum absolute atomic E-state index is 14.4. The van der Waals surface area contributed by atoms with Crippen molar-refractivity contribution in [1.29, 1.82) is 0 Å². The van der Waals surface area contributed by atoms with Crippen LogP contribution < -0.4 is 4.90 Å². The Balaban J connectivity index is 1.78. The predicted molar refractivity (Wildman–Crippen MR) is 89.7 cm³/mol. The minimum Gasteiger partial charge on any atom is -0.465 e. The number of rotatable bonds is 4. The quantitative estimate of drug-likeness (QED) is 0.861. The SMILES string of the molecule is COC(=O)c1cc(-n2cnc(C3CC3)c2)c(N2CC(C)(O)C2)cc1F. The molecule has 132 valence electrons. The summed E-state index contributed by atoms with van der Waals surface area (Å²) in [6.07, 6.45) is 5.88. The molecule has 0 spiro atoms. The van der Waals surface area contributed by atoms with E-state index in [1.165, 1.54) is 19.2 Å². The van der Waals surface area contributed by atoms with Crippen LogP contribution in [0.15, 0.2) is 24.7 Å². The average Bonchev–Trinajstić information content (AvgIpc) is 3.29. The van der Waals surface area contributed by atoms with Crippen LogP contribution in [0.4, 0.5) is 10.1 Å². The second-order valence-corrected chi connectivity index (χ2v) is 7.15. The van der Waals surface area contributed by atoms with Gasteiger partial charge in [-0.2, -0.15) is 0 Å². The molecule has 0 bridgehead atoms. The summed E-state index contributed by atoms with van der Waals surface area (Å²) in [5, 5.41) is 10.0. The van der Waals surface area contributed by atoms with Crippen LogP contribution in [0.2, 0.25) is 0 Å². The van der Waals surface area contributed by atoms with Crippen molar-refractivity contribution in [3.63, 3.8) is 0 Å². The monoisotopic (exact) mass is 345 g/mol. The highest BCUT2D eigenvalue weighted by Crippen LogP contribution is 2.40. The van der Waals surface area contributed by atoms with Crippen LogP contribution in [0.1, 0.15) is 41.7 Å². The van der Waals surface area contributed by atoms with Crippen molar-refractivity contribution < 1.29 is 19.0 Å². The molecule has 2 heterocycles. The lowest BCUT2D eigenvalue weighted by Crippen LogP contribution is -2.60. The number of benzene rings is 1. The number of β-amino-alcohol motifs (C(OH)–C–C–N with tert-alkyl or cyclic N) is 1. The number of esters is 1. The van der Waals surface area contributed by atoms with Crippen LogP contribution in [-0.4, -0.2) is 46.4 Å². The summed E-state index contributed by atoms with van der Waals surface area (Å²) >= 11 is 0. The molecule has 2 fully saturated rings. The number of hydrogen-bond acceptors (Lipinski definition) is 5. The average molecular weight is 345 g/mol. The lowest BCUT2D eigenvalue weighted by molar-refractivity contribution is 0.0309. The Morgan fingerprint density at radius 2 is 2.08 bits per heavy atom. The molecule has 0 atom stereocenters. The van der Waals surface area contributed by atoms with Crippen LogP contribution in [0.3, 0.4) is 0 Å². The number of aliphatic hydroxyl groups is 1. The van der Waals surface area contributed by atoms with E-state index in [1.54, 1.807) is 13.3 Å². The fourth-order valence-electron chi connectivity index (χ4n) is 3.28. The van der Waals surface area contributed by atoms with Gasteiger partial charge in [-0.25, -0.2) is 14.2 Å². The van der Waals surface area contributed by atoms with Crippen molar-refractivity contribution in [3.05, 3.63) is 41.7 Å². The third kappa shape index (κ3) is 2.89. The number of aromatic nitrogens is 2. The van der Waals surface area contributed by atoms with Gasteiger partial charge in [-0.15, -0.1) is 0 Å². The van der Waals surface area contributed by atoms with Crippen molar-refractivity contribution in [2.24, 2.45) is 0 Å². The first-order valence-electron chi connectivity index (χ1n) is 8.31. The van der Waals surface area contributed by atoms with Gasteiger partial charge in [0.05, 0.1) is 41.7 Å². The van der Waals surface area contributed by atoms with Crippen LogP contribution in [0.5, 0.6) is 0 Å². The molecular formula is C18H20FN3O3. The zero-order chi connectivity index (χ0) is 17.8. The Labute approximate surface area is 144 Å². The molecule has 1 aliphatic heterocycles. The number of imidazole rings is 1. The molecule has 0 amide bonds. The van der Waals surface area contributed by atoms with Gasteiger partial charge in [0.15, 0.2) is 0 Å². The molecule has 1 aromatic heterocycles. The lowest BCUT2D eigenvalue weighted by atomic mass is 9.95. The van der Waals surface area contributed by atoms with E-state index in [0.717, 1.165) is 18.5 Å². The first kappa shape index (κ1) is 16.1. The summed E-state index contributed by atoms with van der Waals surface area (Å²) in [6.45, 7) is 2.55. The highest BCUT2D eigenvalue weighted by Gasteiger charge is 2.38. The van der Waals surface area contributed by atoms with Crippen molar-refractivity contribution in [3.8, 4) is 5.69 Å². The molecule has 0 radical (unpaired) electrons. The molecule has 6 nitrogen and oxygen atoms in total. The Morgan fingerprint density at radius 3 is 2.68 bits per heavy atom. The van der Waals surface area contributed by atoms with Gasteiger partial charge in [0, 0.05) is 31.3 Å². The Bertz CT molecular complexity index is 834. The molecular weight excluding hydrogens is 325 g/mol. The van der Waals surface area contributed by atoms with Crippen molar-refractivity contribution in [1.82, 2.24) is 9.55 Å². The van der Waals surface area contributed by atoms with Crippen molar-refractivity contribution in [2.75, 3.05) is 25.1 Å². The highest BCUT2D eigenvalue weighted by molar-refractivity contribution is 5.91.